The molecule has 0 aliphatic carbocycles. The molecule has 26 heavy (non-hydrogen) atoms. The van der Waals surface area contributed by atoms with E-state index in [1.165, 1.54) is 0 Å². The van der Waals surface area contributed by atoms with Crippen molar-refractivity contribution in [3.8, 4) is 0 Å². The second-order valence-electron chi connectivity index (χ2n) is 6.49. The van der Waals surface area contributed by atoms with E-state index in [0.717, 1.165) is 29.4 Å². The number of carbonyl (C=O) groups excluding carboxylic acids is 2. The second kappa shape index (κ2) is 8.49. The number of amides is 2. The first-order chi connectivity index (χ1) is 12.6. The van der Waals surface area contributed by atoms with E-state index >= 15 is 0 Å². The highest BCUT2D eigenvalue weighted by atomic mass is 79.9. The normalized spacial score (nSPS) is 17.2. The average molecular weight is 419 g/mol. The van der Waals surface area contributed by atoms with Crippen molar-refractivity contribution >= 4 is 33.6 Å². The second-order valence-corrected chi connectivity index (χ2v) is 7.34. The summed E-state index contributed by atoms with van der Waals surface area (Å²) in [6, 6.07) is 9.74. The maximum Gasteiger partial charge on any atom is 0.230 e. The van der Waals surface area contributed by atoms with Crippen molar-refractivity contribution in [2.24, 2.45) is 5.92 Å². The fraction of sp³-hybridized carbons (Fsp3) is 0.421. The van der Waals surface area contributed by atoms with Crippen LogP contribution in [0, 0.1) is 5.92 Å². The quantitative estimate of drug-likeness (QED) is 0.809. The summed E-state index contributed by atoms with van der Waals surface area (Å²) in [7, 11) is 0. The number of likely N-dealkylation sites (tertiary alicyclic amines) is 1. The Morgan fingerprint density at radius 3 is 2.88 bits per heavy atom. The Morgan fingerprint density at radius 2 is 2.12 bits per heavy atom. The van der Waals surface area contributed by atoms with E-state index in [4.69, 9.17) is 0 Å². The Morgan fingerprint density at radius 1 is 1.31 bits per heavy atom. The molecule has 0 saturated carbocycles. The standard InChI is InChI=1S/C19H23BrN4O2/c1-2-18(25)23-11-5-7-15(12-23)19(26)22-17-9-10-21-24(17)13-14-6-3-4-8-16(14)20/h3-4,6,8-10,15H,2,5,7,11-13H2,1H3,(H,22,26). The number of nitrogens with one attached hydrogen (secondary N) is 1. The van der Waals surface area contributed by atoms with E-state index in [1.807, 2.05) is 31.2 Å². The lowest BCUT2D eigenvalue weighted by Crippen LogP contribution is -2.43. The molecule has 2 aromatic rings. The minimum atomic E-state index is -0.175. The van der Waals surface area contributed by atoms with Crippen LogP contribution in [0.25, 0.3) is 0 Å². The first kappa shape index (κ1) is 18.6. The van der Waals surface area contributed by atoms with Gasteiger partial charge in [-0.15, -0.1) is 0 Å². The average Bonchev–Trinajstić information content (AvgIpc) is 3.09. The van der Waals surface area contributed by atoms with Crippen molar-refractivity contribution in [1.82, 2.24) is 14.7 Å². The molecule has 0 radical (unpaired) electrons. The molecule has 1 aromatic heterocycles. The number of piperidine rings is 1. The Balaban J connectivity index is 1.66. The zero-order valence-corrected chi connectivity index (χ0v) is 16.4. The minimum Gasteiger partial charge on any atom is -0.342 e. The molecule has 2 heterocycles. The summed E-state index contributed by atoms with van der Waals surface area (Å²) in [6.07, 6.45) is 3.82. The van der Waals surface area contributed by atoms with Crippen LogP contribution in [0.2, 0.25) is 0 Å². The van der Waals surface area contributed by atoms with Crippen LogP contribution >= 0.6 is 15.9 Å². The van der Waals surface area contributed by atoms with Gasteiger partial charge >= 0.3 is 0 Å². The highest BCUT2D eigenvalue weighted by molar-refractivity contribution is 9.10. The van der Waals surface area contributed by atoms with Crippen LogP contribution in [-0.4, -0.2) is 39.6 Å². The Kier molecular flexibility index (Phi) is 6.08. The van der Waals surface area contributed by atoms with E-state index in [0.29, 0.717) is 25.3 Å². The zero-order valence-electron chi connectivity index (χ0n) is 14.8. The number of anilines is 1. The molecule has 1 aliphatic rings. The largest absolute Gasteiger partial charge is 0.342 e. The molecule has 2 amide bonds. The summed E-state index contributed by atoms with van der Waals surface area (Å²) in [5.41, 5.74) is 1.09. The van der Waals surface area contributed by atoms with Crippen molar-refractivity contribution in [3.05, 3.63) is 46.6 Å². The summed E-state index contributed by atoms with van der Waals surface area (Å²) in [5, 5.41) is 7.31. The molecule has 1 aromatic carbocycles. The highest BCUT2D eigenvalue weighted by Gasteiger charge is 2.28. The smallest absolute Gasteiger partial charge is 0.230 e. The van der Waals surface area contributed by atoms with Gasteiger partial charge in [-0.2, -0.15) is 5.10 Å². The number of hydrogen-bond donors (Lipinski definition) is 1. The van der Waals surface area contributed by atoms with Gasteiger partial charge in [-0.1, -0.05) is 41.1 Å². The molecule has 0 bridgehead atoms. The highest BCUT2D eigenvalue weighted by Crippen LogP contribution is 2.21. The van der Waals surface area contributed by atoms with Crippen molar-refractivity contribution < 1.29 is 9.59 Å². The number of aromatic nitrogens is 2. The monoisotopic (exact) mass is 418 g/mol. The lowest BCUT2D eigenvalue weighted by molar-refractivity contribution is -0.134. The summed E-state index contributed by atoms with van der Waals surface area (Å²) in [4.78, 5) is 26.4. The topological polar surface area (TPSA) is 67.2 Å². The van der Waals surface area contributed by atoms with Gasteiger partial charge in [0.15, 0.2) is 0 Å². The number of hydrogen-bond acceptors (Lipinski definition) is 3. The number of halogens is 1. The molecular weight excluding hydrogens is 396 g/mol. The van der Waals surface area contributed by atoms with Gasteiger partial charge in [-0.05, 0) is 24.5 Å². The number of nitrogens with zero attached hydrogens (tertiary/aromatic N) is 3. The van der Waals surface area contributed by atoms with Crippen LogP contribution in [0.1, 0.15) is 31.7 Å². The molecule has 0 spiro atoms. The fourth-order valence-electron chi connectivity index (χ4n) is 3.22. The Hall–Kier alpha value is -2.15. The van der Waals surface area contributed by atoms with Crippen molar-refractivity contribution in [3.63, 3.8) is 0 Å². The molecule has 138 valence electrons. The summed E-state index contributed by atoms with van der Waals surface area (Å²) < 4.78 is 2.78. The summed E-state index contributed by atoms with van der Waals surface area (Å²) in [6.45, 7) is 3.66. The van der Waals surface area contributed by atoms with Crippen LogP contribution in [-0.2, 0) is 16.1 Å². The molecule has 1 atom stereocenters. The maximum absolute atomic E-state index is 12.7. The molecule has 1 aliphatic heterocycles. The molecule has 3 rings (SSSR count). The predicted molar refractivity (Wildman–Crippen MR) is 104 cm³/mol. The zero-order chi connectivity index (χ0) is 18.5. The number of carbonyl (C=O) groups is 2. The predicted octanol–water partition coefficient (Wildman–Crippen LogP) is 3.28. The van der Waals surface area contributed by atoms with Gasteiger partial charge in [0.05, 0.1) is 18.7 Å². The van der Waals surface area contributed by atoms with E-state index in [1.54, 1.807) is 21.8 Å². The third-order valence-corrected chi connectivity index (χ3v) is 5.47. The van der Waals surface area contributed by atoms with Gasteiger partial charge in [-0.3, -0.25) is 9.59 Å². The van der Waals surface area contributed by atoms with Crippen molar-refractivity contribution in [2.45, 2.75) is 32.7 Å². The lowest BCUT2D eigenvalue weighted by atomic mass is 9.97. The van der Waals surface area contributed by atoms with Crippen LogP contribution < -0.4 is 5.32 Å². The fourth-order valence-corrected chi connectivity index (χ4v) is 3.63. The van der Waals surface area contributed by atoms with Gasteiger partial charge < -0.3 is 10.2 Å². The minimum absolute atomic E-state index is 0.0486. The lowest BCUT2D eigenvalue weighted by Gasteiger charge is -2.31. The SMILES string of the molecule is CCC(=O)N1CCCC(C(=O)Nc2ccnn2Cc2ccccc2Br)C1. The first-order valence-electron chi connectivity index (χ1n) is 8.92. The van der Waals surface area contributed by atoms with Crippen molar-refractivity contribution in [2.75, 3.05) is 18.4 Å². The van der Waals surface area contributed by atoms with E-state index in [-0.39, 0.29) is 17.7 Å². The van der Waals surface area contributed by atoms with E-state index in [9.17, 15) is 9.59 Å². The Bertz CT molecular complexity index is 789. The maximum atomic E-state index is 12.7. The van der Waals surface area contributed by atoms with Gasteiger partial charge in [-0.25, -0.2) is 4.68 Å². The third kappa shape index (κ3) is 4.33. The molecule has 1 saturated heterocycles. The van der Waals surface area contributed by atoms with Crippen molar-refractivity contribution in [1.29, 1.82) is 0 Å². The number of rotatable bonds is 5. The van der Waals surface area contributed by atoms with Crippen LogP contribution in [0.4, 0.5) is 5.82 Å². The molecule has 1 fully saturated rings. The molecule has 6 nitrogen and oxygen atoms in total. The van der Waals surface area contributed by atoms with Gasteiger partial charge in [0.1, 0.15) is 5.82 Å². The summed E-state index contributed by atoms with van der Waals surface area (Å²) in [5.74, 6) is 0.560. The molecule has 7 heteroatoms. The third-order valence-electron chi connectivity index (χ3n) is 4.69. The van der Waals surface area contributed by atoms with Crippen LogP contribution in [0.5, 0.6) is 0 Å². The molecule has 1 unspecified atom stereocenters. The van der Waals surface area contributed by atoms with E-state index in [2.05, 4.69) is 26.3 Å². The van der Waals surface area contributed by atoms with Gasteiger partial charge in [0.25, 0.3) is 0 Å². The number of benzene rings is 1. The van der Waals surface area contributed by atoms with Crippen LogP contribution in [0.15, 0.2) is 41.0 Å². The van der Waals surface area contributed by atoms with Gasteiger partial charge in [0.2, 0.25) is 11.8 Å². The van der Waals surface area contributed by atoms with Crippen LogP contribution in [0.3, 0.4) is 0 Å². The summed E-state index contributed by atoms with van der Waals surface area (Å²) >= 11 is 3.54. The molecular formula is C19H23BrN4O2. The molecule has 1 N–H and O–H groups in total. The van der Waals surface area contributed by atoms with E-state index < -0.39 is 0 Å². The Labute approximate surface area is 161 Å². The first-order valence-corrected chi connectivity index (χ1v) is 9.71. The van der Waals surface area contributed by atoms with Gasteiger partial charge in [0, 0.05) is 30.0 Å².